The minimum atomic E-state index is -0.234. The van der Waals surface area contributed by atoms with Gasteiger partial charge in [0.15, 0.2) is 11.5 Å². The quantitative estimate of drug-likeness (QED) is 0.789. The number of rotatable bonds is 3. The minimum Gasteiger partial charge on any atom is -0.493 e. The number of methoxy groups -OCH3 is 2. The average Bonchev–Trinajstić information content (AvgIpc) is 3.10. The maximum absolute atomic E-state index is 13.7. The van der Waals surface area contributed by atoms with Gasteiger partial charge < -0.3 is 19.5 Å². The van der Waals surface area contributed by atoms with Gasteiger partial charge in [0.1, 0.15) is 5.82 Å². The lowest BCUT2D eigenvalue weighted by Gasteiger charge is -2.36. The molecule has 2 aromatic carbocycles. The Morgan fingerprint density at radius 1 is 1.20 bits per heavy atom. The summed E-state index contributed by atoms with van der Waals surface area (Å²) in [4.78, 5) is 0. The van der Waals surface area contributed by atoms with Crippen LogP contribution in [-0.4, -0.2) is 20.8 Å². The van der Waals surface area contributed by atoms with E-state index in [0.29, 0.717) is 18.1 Å². The van der Waals surface area contributed by atoms with Crippen LogP contribution < -0.4 is 14.8 Å². The first kappa shape index (κ1) is 16.7. The molecule has 0 bridgehead atoms. The topological polar surface area (TPSA) is 39.7 Å². The van der Waals surface area contributed by atoms with Gasteiger partial charge in [-0.15, -0.1) is 0 Å². The maximum Gasteiger partial charge on any atom is 0.174 e. The molecule has 0 spiro atoms. The molecule has 6 heteroatoms. The van der Waals surface area contributed by atoms with Gasteiger partial charge in [0.25, 0.3) is 0 Å². The zero-order valence-corrected chi connectivity index (χ0v) is 15.6. The van der Waals surface area contributed by atoms with E-state index in [1.807, 2.05) is 12.1 Å². The smallest absolute Gasteiger partial charge is 0.174 e. The zero-order chi connectivity index (χ0) is 17.6. The van der Waals surface area contributed by atoms with Gasteiger partial charge in [-0.05, 0) is 58.2 Å². The van der Waals surface area contributed by atoms with Crippen LogP contribution in [0.2, 0.25) is 0 Å². The summed E-state index contributed by atoms with van der Waals surface area (Å²) >= 11 is 3.57. The Hall–Kier alpha value is -1.79. The maximum atomic E-state index is 13.7. The van der Waals surface area contributed by atoms with E-state index in [2.05, 4.69) is 21.2 Å². The van der Waals surface area contributed by atoms with Crippen molar-refractivity contribution in [3.8, 4) is 11.5 Å². The average molecular weight is 408 g/mol. The van der Waals surface area contributed by atoms with Crippen molar-refractivity contribution >= 4 is 21.6 Å². The molecular weight excluding hydrogens is 389 g/mol. The molecule has 1 fully saturated rings. The molecule has 1 N–H and O–H groups in total. The van der Waals surface area contributed by atoms with Gasteiger partial charge in [-0.25, -0.2) is 4.39 Å². The van der Waals surface area contributed by atoms with Crippen LogP contribution in [-0.2, 0) is 4.74 Å². The van der Waals surface area contributed by atoms with Crippen LogP contribution in [0.1, 0.15) is 29.7 Å². The number of fused-ring (bicyclic) bond motifs is 3. The molecule has 1 saturated heterocycles. The molecule has 0 saturated carbocycles. The van der Waals surface area contributed by atoms with E-state index in [1.165, 1.54) is 6.07 Å². The molecule has 0 unspecified atom stereocenters. The fourth-order valence-corrected chi connectivity index (χ4v) is 4.51. The Labute approximate surface area is 154 Å². The molecule has 2 aliphatic rings. The summed E-state index contributed by atoms with van der Waals surface area (Å²) in [5.41, 5.74) is 2.90. The number of hydrogen-bond acceptors (Lipinski definition) is 4. The fourth-order valence-electron chi connectivity index (χ4n) is 3.89. The first-order chi connectivity index (χ1) is 12.1. The van der Waals surface area contributed by atoms with Crippen molar-refractivity contribution in [3.05, 3.63) is 51.7 Å². The molecule has 2 aliphatic heterocycles. The van der Waals surface area contributed by atoms with E-state index in [-0.39, 0.29) is 23.9 Å². The van der Waals surface area contributed by atoms with Crippen LogP contribution in [0.4, 0.5) is 10.1 Å². The van der Waals surface area contributed by atoms with Gasteiger partial charge in [0, 0.05) is 23.8 Å². The molecule has 0 radical (unpaired) electrons. The summed E-state index contributed by atoms with van der Waals surface area (Å²) in [6, 6.07) is 8.93. The lowest BCUT2D eigenvalue weighted by Crippen LogP contribution is -2.29. The van der Waals surface area contributed by atoms with Gasteiger partial charge in [-0.3, -0.25) is 0 Å². The normalized spacial score (nSPS) is 24.2. The van der Waals surface area contributed by atoms with Crippen LogP contribution in [0.5, 0.6) is 11.5 Å². The van der Waals surface area contributed by atoms with Crippen molar-refractivity contribution in [2.75, 3.05) is 26.1 Å². The highest BCUT2D eigenvalue weighted by molar-refractivity contribution is 9.10. The zero-order valence-electron chi connectivity index (χ0n) is 14.0. The minimum absolute atomic E-state index is 0.0570. The summed E-state index contributed by atoms with van der Waals surface area (Å²) in [6.07, 6.45) is 0.827. The van der Waals surface area contributed by atoms with Gasteiger partial charge in [-0.2, -0.15) is 0 Å². The van der Waals surface area contributed by atoms with E-state index in [4.69, 9.17) is 14.2 Å². The lowest BCUT2D eigenvalue weighted by molar-refractivity contribution is 0.0826. The number of hydrogen-bond donors (Lipinski definition) is 1. The number of nitrogens with one attached hydrogen (secondary N) is 1. The summed E-state index contributed by atoms with van der Waals surface area (Å²) in [5.74, 6) is 1.35. The van der Waals surface area contributed by atoms with E-state index in [9.17, 15) is 4.39 Å². The summed E-state index contributed by atoms with van der Waals surface area (Å²) in [7, 11) is 3.24. The second-order valence-corrected chi connectivity index (χ2v) is 7.19. The third kappa shape index (κ3) is 2.77. The molecule has 0 aromatic heterocycles. The fraction of sp³-hybridized carbons (Fsp3) is 0.368. The van der Waals surface area contributed by atoms with Crippen molar-refractivity contribution in [3.63, 3.8) is 0 Å². The standard InChI is InChI=1S/C19H19BrFNO3/c1-23-16-8-10(7-14(20)19(16)24-2)17-12-5-6-25-18(12)13-9-11(21)3-4-15(13)22-17/h3-4,7-9,12,17-18,22H,5-6H2,1-2H3/t12-,17-,18-/m0/s1. The number of halogens is 2. The molecule has 2 aromatic rings. The first-order valence-electron chi connectivity index (χ1n) is 8.21. The first-order valence-corrected chi connectivity index (χ1v) is 9.00. The van der Waals surface area contributed by atoms with E-state index in [0.717, 1.165) is 27.7 Å². The van der Waals surface area contributed by atoms with Crippen molar-refractivity contribution < 1.29 is 18.6 Å². The molecule has 25 heavy (non-hydrogen) atoms. The van der Waals surface area contributed by atoms with Crippen molar-refractivity contribution in [1.29, 1.82) is 0 Å². The van der Waals surface area contributed by atoms with Crippen LogP contribution in [0, 0.1) is 11.7 Å². The van der Waals surface area contributed by atoms with Gasteiger partial charge in [-0.1, -0.05) is 0 Å². The Bertz CT molecular complexity index is 813. The van der Waals surface area contributed by atoms with Crippen LogP contribution in [0.25, 0.3) is 0 Å². The summed E-state index contributed by atoms with van der Waals surface area (Å²) in [6.45, 7) is 0.678. The predicted octanol–water partition coefficient (Wildman–Crippen LogP) is 4.85. The van der Waals surface area contributed by atoms with Gasteiger partial charge in [0.05, 0.1) is 30.8 Å². The SMILES string of the molecule is COc1cc([C@@H]2Nc3ccc(F)cc3[C@H]3OCC[C@H]32)cc(Br)c1OC. The third-order valence-electron chi connectivity index (χ3n) is 5.01. The molecule has 0 aliphatic carbocycles. The van der Waals surface area contributed by atoms with Crippen molar-refractivity contribution in [2.24, 2.45) is 5.92 Å². The monoisotopic (exact) mass is 407 g/mol. The second-order valence-electron chi connectivity index (χ2n) is 6.34. The number of ether oxygens (including phenoxy) is 3. The van der Waals surface area contributed by atoms with Crippen LogP contribution in [0.3, 0.4) is 0 Å². The van der Waals surface area contributed by atoms with Crippen LogP contribution in [0.15, 0.2) is 34.8 Å². The van der Waals surface area contributed by atoms with Crippen molar-refractivity contribution in [2.45, 2.75) is 18.6 Å². The predicted molar refractivity (Wildman–Crippen MR) is 96.8 cm³/mol. The second kappa shape index (κ2) is 6.50. The number of anilines is 1. The Kier molecular flexibility index (Phi) is 4.33. The lowest BCUT2D eigenvalue weighted by atomic mass is 9.81. The molecule has 0 amide bonds. The van der Waals surface area contributed by atoms with Crippen molar-refractivity contribution in [1.82, 2.24) is 0 Å². The highest BCUT2D eigenvalue weighted by Crippen LogP contribution is 2.51. The third-order valence-corrected chi connectivity index (χ3v) is 5.60. The Balaban J connectivity index is 1.78. The summed E-state index contributed by atoms with van der Waals surface area (Å²) < 4.78 is 31.4. The van der Waals surface area contributed by atoms with Gasteiger partial charge in [0.2, 0.25) is 0 Å². The molecule has 4 nitrogen and oxygen atoms in total. The largest absolute Gasteiger partial charge is 0.493 e. The Morgan fingerprint density at radius 3 is 2.80 bits per heavy atom. The molecule has 132 valence electrons. The molecular formula is C19H19BrFNO3. The van der Waals surface area contributed by atoms with Gasteiger partial charge >= 0.3 is 0 Å². The summed E-state index contributed by atoms with van der Waals surface area (Å²) in [5, 5.41) is 3.56. The van der Waals surface area contributed by atoms with E-state index in [1.54, 1.807) is 26.4 Å². The number of benzene rings is 2. The molecule has 2 heterocycles. The van der Waals surface area contributed by atoms with E-state index < -0.39 is 0 Å². The highest BCUT2D eigenvalue weighted by atomic mass is 79.9. The molecule has 3 atom stereocenters. The van der Waals surface area contributed by atoms with Crippen LogP contribution >= 0.6 is 15.9 Å². The molecule has 4 rings (SSSR count). The van der Waals surface area contributed by atoms with E-state index >= 15 is 0 Å². The highest BCUT2D eigenvalue weighted by Gasteiger charge is 2.42. The Morgan fingerprint density at radius 2 is 2.04 bits per heavy atom.